The van der Waals surface area contributed by atoms with Gasteiger partial charge in [0.15, 0.2) is 0 Å². The van der Waals surface area contributed by atoms with E-state index in [1.807, 2.05) is 78.9 Å². The van der Waals surface area contributed by atoms with Crippen LogP contribution in [0.3, 0.4) is 0 Å². The van der Waals surface area contributed by atoms with Gasteiger partial charge in [-0.25, -0.2) is 0 Å². The summed E-state index contributed by atoms with van der Waals surface area (Å²) in [5.41, 5.74) is 3.33. The molecule has 35 heavy (non-hydrogen) atoms. The Morgan fingerprint density at radius 1 is 0.829 bits per heavy atom. The van der Waals surface area contributed by atoms with Gasteiger partial charge in [0.25, 0.3) is 0 Å². The van der Waals surface area contributed by atoms with Crippen molar-refractivity contribution >= 4 is 23.6 Å². The van der Waals surface area contributed by atoms with Gasteiger partial charge < -0.3 is 10.2 Å². The van der Waals surface area contributed by atoms with E-state index in [4.69, 9.17) is 0 Å². The molecule has 0 aromatic heterocycles. The van der Waals surface area contributed by atoms with Crippen molar-refractivity contribution in [3.05, 3.63) is 108 Å². The highest BCUT2D eigenvalue weighted by atomic mass is 32.2. The molecule has 0 aliphatic rings. The molecular formula is C30H36N2O2S. The zero-order valence-electron chi connectivity index (χ0n) is 20.6. The first kappa shape index (κ1) is 26.6. The molecule has 0 unspecified atom stereocenters. The third-order valence-electron chi connectivity index (χ3n) is 5.87. The molecule has 3 aromatic rings. The van der Waals surface area contributed by atoms with Crippen LogP contribution in [0.4, 0.5) is 0 Å². The fourth-order valence-corrected chi connectivity index (χ4v) is 4.80. The summed E-state index contributed by atoms with van der Waals surface area (Å²) in [6, 6.07) is 29.6. The average molecular weight is 489 g/mol. The Balaban J connectivity index is 1.75. The van der Waals surface area contributed by atoms with Crippen molar-refractivity contribution in [1.29, 1.82) is 0 Å². The summed E-state index contributed by atoms with van der Waals surface area (Å²) < 4.78 is 0. The van der Waals surface area contributed by atoms with E-state index in [1.165, 1.54) is 5.56 Å². The predicted octanol–water partition coefficient (Wildman–Crippen LogP) is 5.87. The SMILES string of the molecule is CCCCNC(=O)[C@@H](Cc1ccccc1)N(Cc1ccccc1)C(=O)CCSCc1ccccc1. The van der Waals surface area contributed by atoms with Crippen molar-refractivity contribution in [3.63, 3.8) is 0 Å². The molecule has 0 fully saturated rings. The van der Waals surface area contributed by atoms with Gasteiger partial charge in [0, 0.05) is 37.4 Å². The predicted molar refractivity (Wildman–Crippen MR) is 146 cm³/mol. The first-order valence-electron chi connectivity index (χ1n) is 12.4. The molecule has 0 saturated heterocycles. The maximum absolute atomic E-state index is 13.6. The molecule has 1 N–H and O–H groups in total. The number of nitrogens with zero attached hydrogens (tertiary/aromatic N) is 1. The number of carbonyl (C=O) groups excluding carboxylic acids is 2. The van der Waals surface area contributed by atoms with Gasteiger partial charge in [0.1, 0.15) is 6.04 Å². The van der Waals surface area contributed by atoms with Crippen molar-refractivity contribution in [2.45, 2.75) is 50.9 Å². The minimum Gasteiger partial charge on any atom is -0.354 e. The number of carbonyl (C=O) groups is 2. The molecule has 0 heterocycles. The van der Waals surface area contributed by atoms with E-state index in [9.17, 15) is 9.59 Å². The van der Waals surface area contributed by atoms with Gasteiger partial charge in [-0.15, -0.1) is 0 Å². The van der Waals surface area contributed by atoms with Gasteiger partial charge in [-0.05, 0) is 23.1 Å². The highest BCUT2D eigenvalue weighted by molar-refractivity contribution is 7.98. The molecule has 184 valence electrons. The molecule has 0 saturated carbocycles. The van der Waals surface area contributed by atoms with E-state index in [1.54, 1.807) is 16.7 Å². The van der Waals surface area contributed by atoms with Crippen LogP contribution >= 0.6 is 11.8 Å². The molecule has 1 atom stereocenters. The van der Waals surface area contributed by atoms with Gasteiger partial charge in [0.05, 0.1) is 0 Å². The Hall–Kier alpha value is -3.05. The van der Waals surface area contributed by atoms with Gasteiger partial charge in [0.2, 0.25) is 11.8 Å². The number of amides is 2. The Morgan fingerprint density at radius 3 is 2.00 bits per heavy atom. The summed E-state index contributed by atoms with van der Waals surface area (Å²) >= 11 is 1.75. The van der Waals surface area contributed by atoms with Gasteiger partial charge >= 0.3 is 0 Å². The van der Waals surface area contributed by atoms with Crippen LogP contribution < -0.4 is 5.32 Å². The highest BCUT2D eigenvalue weighted by Gasteiger charge is 2.29. The van der Waals surface area contributed by atoms with Crippen molar-refractivity contribution in [2.24, 2.45) is 0 Å². The molecule has 0 aliphatic carbocycles. The molecular weight excluding hydrogens is 452 g/mol. The van der Waals surface area contributed by atoms with E-state index < -0.39 is 6.04 Å². The summed E-state index contributed by atoms with van der Waals surface area (Å²) in [4.78, 5) is 28.7. The second-order valence-electron chi connectivity index (χ2n) is 8.65. The summed E-state index contributed by atoms with van der Waals surface area (Å²) in [5, 5.41) is 3.08. The maximum atomic E-state index is 13.6. The summed E-state index contributed by atoms with van der Waals surface area (Å²) in [6.45, 7) is 3.15. The van der Waals surface area contributed by atoms with Crippen molar-refractivity contribution in [3.8, 4) is 0 Å². The Kier molecular flexibility index (Phi) is 11.4. The zero-order chi connectivity index (χ0) is 24.7. The third kappa shape index (κ3) is 9.25. The summed E-state index contributed by atoms with van der Waals surface area (Å²) in [6.07, 6.45) is 2.83. The lowest BCUT2D eigenvalue weighted by Gasteiger charge is -2.31. The number of unbranched alkanes of at least 4 members (excludes halogenated alkanes) is 1. The fourth-order valence-electron chi connectivity index (χ4n) is 3.91. The number of thioether (sulfide) groups is 1. The van der Waals surface area contributed by atoms with E-state index in [-0.39, 0.29) is 11.8 Å². The van der Waals surface area contributed by atoms with Gasteiger partial charge in [-0.2, -0.15) is 11.8 Å². The maximum Gasteiger partial charge on any atom is 0.243 e. The quantitative estimate of drug-likeness (QED) is 0.289. The molecule has 0 bridgehead atoms. The lowest BCUT2D eigenvalue weighted by Crippen LogP contribution is -2.50. The smallest absolute Gasteiger partial charge is 0.243 e. The Morgan fingerprint density at radius 2 is 1.40 bits per heavy atom. The average Bonchev–Trinajstić information content (AvgIpc) is 2.90. The highest BCUT2D eigenvalue weighted by Crippen LogP contribution is 2.18. The van der Waals surface area contributed by atoms with E-state index in [0.29, 0.717) is 31.7 Å². The van der Waals surface area contributed by atoms with Crippen molar-refractivity contribution in [2.75, 3.05) is 12.3 Å². The zero-order valence-corrected chi connectivity index (χ0v) is 21.4. The minimum absolute atomic E-state index is 0.0148. The number of hydrogen-bond acceptors (Lipinski definition) is 3. The van der Waals surface area contributed by atoms with Crippen LogP contribution in [0.25, 0.3) is 0 Å². The molecule has 4 nitrogen and oxygen atoms in total. The molecule has 0 aliphatic heterocycles. The monoisotopic (exact) mass is 488 g/mol. The molecule has 2 amide bonds. The fraction of sp³-hybridized carbons (Fsp3) is 0.333. The van der Waals surface area contributed by atoms with Crippen LogP contribution in [0.2, 0.25) is 0 Å². The largest absolute Gasteiger partial charge is 0.354 e. The third-order valence-corrected chi connectivity index (χ3v) is 6.90. The van der Waals surface area contributed by atoms with E-state index >= 15 is 0 Å². The van der Waals surface area contributed by atoms with Crippen LogP contribution in [0.15, 0.2) is 91.0 Å². The first-order valence-corrected chi connectivity index (χ1v) is 13.6. The van der Waals surface area contributed by atoms with E-state index in [0.717, 1.165) is 29.7 Å². The topological polar surface area (TPSA) is 49.4 Å². The van der Waals surface area contributed by atoms with E-state index in [2.05, 4.69) is 24.4 Å². The van der Waals surface area contributed by atoms with Crippen LogP contribution in [0, 0.1) is 0 Å². The summed E-state index contributed by atoms with van der Waals surface area (Å²) in [5.74, 6) is 1.52. The standard InChI is InChI=1S/C30H36N2O2S/c1-2-3-20-31-30(34)28(22-25-13-7-4-8-14-25)32(23-26-15-9-5-10-16-26)29(33)19-21-35-24-27-17-11-6-12-18-27/h4-18,28H,2-3,19-24H2,1H3,(H,31,34)/t28-/m1/s1. The number of hydrogen-bond donors (Lipinski definition) is 1. The van der Waals surface area contributed by atoms with Gasteiger partial charge in [-0.3, -0.25) is 9.59 Å². The first-order chi connectivity index (χ1) is 17.2. The van der Waals surface area contributed by atoms with Crippen molar-refractivity contribution in [1.82, 2.24) is 10.2 Å². The minimum atomic E-state index is -0.555. The normalized spacial score (nSPS) is 11.6. The summed E-state index contributed by atoms with van der Waals surface area (Å²) in [7, 11) is 0. The Labute approximate surface area is 214 Å². The lowest BCUT2D eigenvalue weighted by atomic mass is 10.0. The van der Waals surface area contributed by atoms with Crippen molar-refractivity contribution < 1.29 is 9.59 Å². The Bertz CT molecular complexity index is 1010. The van der Waals surface area contributed by atoms with Crippen LogP contribution in [-0.4, -0.2) is 35.1 Å². The number of nitrogens with one attached hydrogen (secondary N) is 1. The molecule has 3 aromatic carbocycles. The molecule has 3 rings (SSSR count). The molecule has 0 radical (unpaired) electrons. The van der Waals surface area contributed by atoms with Crippen LogP contribution in [0.5, 0.6) is 0 Å². The molecule has 0 spiro atoms. The lowest BCUT2D eigenvalue weighted by molar-refractivity contribution is -0.141. The number of rotatable bonds is 14. The van der Waals surface area contributed by atoms with Crippen LogP contribution in [-0.2, 0) is 28.3 Å². The second kappa shape index (κ2) is 15.0. The van der Waals surface area contributed by atoms with Crippen LogP contribution in [0.1, 0.15) is 42.9 Å². The second-order valence-corrected chi connectivity index (χ2v) is 9.75. The molecule has 5 heteroatoms. The van der Waals surface area contributed by atoms with Gasteiger partial charge in [-0.1, -0.05) is 104 Å². The number of benzene rings is 3.